The molecule has 0 aliphatic rings. The third-order valence-electron chi connectivity index (χ3n) is 4.67. The minimum Gasteiger partial charge on any atom is -0.496 e. The monoisotopic (exact) mass is 608 g/mol. The van der Waals surface area contributed by atoms with Crippen LogP contribution in [0.4, 0.5) is 0 Å². The average Bonchev–Trinajstić information content (AvgIpc) is 2.79. The second-order valence-electron chi connectivity index (χ2n) is 6.79. The number of carbonyl (C=O) groups excluding carboxylic acids is 1. The van der Waals surface area contributed by atoms with E-state index in [0.717, 1.165) is 19.2 Å². The second-order valence-corrected chi connectivity index (χ2v) is 8.87. The number of nitrogens with zero attached hydrogens (tertiary/aromatic N) is 1. The molecule has 3 aromatic carbocycles. The predicted octanol–water partition coefficient (Wildman–Crippen LogP) is 5.72. The number of rotatable bonds is 8. The Morgan fingerprint density at radius 1 is 1.09 bits per heavy atom. The third-order valence-corrected chi connectivity index (χ3v) is 5.97. The van der Waals surface area contributed by atoms with Gasteiger partial charge in [0.2, 0.25) is 0 Å². The molecule has 32 heavy (non-hydrogen) atoms. The van der Waals surface area contributed by atoms with Crippen LogP contribution in [-0.4, -0.2) is 26.3 Å². The number of hydrogen-bond acceptors (Lipinski definition) is 5. The molecule has 8 heteroatoms. The first kappa shape index (κ1) is 24.1. The largest absolute Gasteiger partial charge is 0.496 e. The Balaban J connectivity index is 1.73. The Morgan fingerprint density at radius 2 is 1.84 bits per heavy atom. The van der Waals surface area contributed by atoms with Crippen LogP contribution in [0.2, 0.25) is 0 Å². The summed E-state index contributed by atoms with van der Waals surface area (Å²) in [5.41, 5.74) is 5.95. The summed E-state index contributed by atoms with van der Waals surface area (Å²) in [5.74, 6) is 1.34. The van der Waals surface area contributed by atoms with Gasteiger partial charge in [0.25, 0.3) is 5.91 Å². The standard InChI is InChI=1S/C24H22BrIN2O4/c1-15-6-4-5-7-17(15)14-32-23-20(26)10-16(11-22(23)31-3)13-27-28-24(29)19-12-18(25)8-9-21(19)30-2/h4-13H,14H2,1-3H3,(H,28,29)/b27-13-. The summed E-state index contributed by atoms with van der Waals surface area (Å²) in [4.78, 5) is 12.5. The van der Waals surface area contributed by atoms with Crippen LogP contribution in [0, 0.1) is 10.5 Å². The van der Waals surface area contributed by atoms with E-state index in [9.17, 15) is 4.79 Å². The Kier molecular flexibility index (Phi) is 8.52. The maximum Gasteiger partial charge on any atom is 0.275 e. The molecule has 0 aliphatic heterocycles. The van der Waals surface area contributed by atoms with Gasteiger partial charge in [0.05, 0.1) is 29.6 Å². The first-order valence-corrected chi connectivity index (χ1v) is 11.5. The van der Waals surface area contributed by atoms with Gasteiger partial charge in [-0.15, -0.1) is 0 Å². The van der Waals surface area contributed by atoms with Gasteiger partial charge < -0.3 is 14.2 Å². The third kappa shape index (κ3) is 6.01. The van der Waals surface area contributed by atoms with E-state index < -0.39 is 0 Å². The Labute approximate surface area is 209 Å². The van der Waals surface area contributed by atoms with Gasteiger partial charge >= 0.3 is 0 Å². The molecule has 0 heterocycles. The number of hydrazone groups is 1. The molecule has 3 aromatic rings. The van der Waals surface area contributed by atoms with E-state index in [0.29, 0.717) is 29.4 Å². The highest BCUT2D eigenvalue weighted by Gasteiger charge is 2.14. The smallest absolute Gasteiger partial charge is 0.275 e. The summed E-state index contributed by atoms with van der Waals surface area (Å²) in [6, 6.07) is 17.0. The maximum atomic E-state index is 12.5. The van der Waals surface area contributed by atoms with E-state index in [1.54, 1.807) is 31.5 Å². The molecule has 3 rings (SSSR count). The Morgan fingerprint density at radius 3 is 2.56 bits per heavy atom. The number of methoxy groups -OCH3 is 2. The number of aryl methyl sites for hydroxylation is 1. The van der Waals surface area contributed by atoms with E-state index >= 15 is 0 Å². The lowest BCUT2D eigenvalue weighted by atomic mass is 10.1. The van der Waals surface area contributed by atoms with Crippen molar-refractivity contribution in [2.75, 3.05) is 14.2 Å². The van der Waals surface area contributed by atoms with Crippen molar-refractivity contribution >= 4 is 50.6 Å². The quantitative estimate of drug-likeness (QED) is 0.202. The van der Waals surface area contributed by atoms with Crippen molar-refractivity contribution in [2.45, 2.75) is 13.5 Å². The molecule has 0 saturated carbocycles. The van der Waals surface area contributed by atoms with Crippen LogP contribution in [0.15, 0.2) is 64.2 Å². The fourth-order valence-corrected chi connectivity index (χ4v) is 4.10. The molecule has 0 radical (unpaired) electrons. The summed E-state index contributed by atoms with van der Waals surface area (Å²) in [5, 5.41) is 4.08. The van der Waals surface area contributed by atoms with Gasteiger partial charge in [-0.2, -0.15) is 5.10 Å². The maximum absolute atomic E-state index is 12.5. The van der Waals surface area contributed by atoms with Crippen molar-refractivity contribution < 1.29 is 19.0 Å². The molecule has 1 amide bonds. The highest BCUT2D eigenvalue weighted by Crippen LogP contribution is 2.34. The summed E-state index contributed by atoms with van der Waals surface area (Å²) in [6.07, 6.45) is 1.55. The lowest BCUT2D eigenvalue weighted by molar-refractivity contribution is 0.0952. The van der Waals surface area contributed by atoms with E-state index in [-0.39, 0.29) is 5.91 Å². The number of amides is 1. The first-order valence-electron chi connectivity index (χ1n) is 9.64. The molecule has 0 unspecified atom stereocenters. The van der Waals surface area contributed by atoms with Crippen molar-refractivity contribution in [1.29, 1.82) is 0 Å². The molecule has 1 N–H and O–H groups in total. The van der Waals surface area contributed by atoms with Crippen LogP contribution < -0.4 is 19.6 Å². The van der Waals surface area contributed by atoms with Crippen LogP contribution in [-0.2, 0) is 6.61 Å². The molecule has 0 fully saturated rings. The predicted molar refractivity (Wildman–Crippen MR) is 137 cm³/mol. The fraction of sp³-hybridized carbons (Fsp3) is 0.167. The first-order chi connectivity index (χ1) is 15.4. The summed E-state index contributed by atoms with van der Waals surface area (Å²) in [6.45, 7) is 2.50. The second kappa shape index (κ2) is 11.3. The molecule has 0 saturated heterocycles. The van der Waals surface area contributed by atoms with Gasteiger partial charge in [0, 0.05) is 4.47 Å². The van der Waals surface area contributed by atoms with Gasteiger partial charge in [0.15, 0.2) is 11.5 Å². The average molecular weight is 609 g/mol. The molecule has 0 spiro atoms. The molecule has 166 valence electrons. The van der Waals surface area contributed by atoms with Crippen molar-refractivity contribution in [3.05, 3.63) is 84.9 Å². The number of hydrogen-bond donors (Lipinski definition) is 1. The molecule has 6 nitrogen and oxygen atoms in total. The summed E-state index contributed by atoms with van der Waals surface area (Å²) in [7, 11) is 3.11. The minimum absolute atomic E-state index is 0.376. The van der Waals surface area contributed by atoms with Crippen molar-refractivity contribution in [1.82, 2.24) is 5.43 Å². The van der Waals surface area contributed by atoms with Crippen LogP contribution in [0.25, 0.3) is 0 Å². The van der Waals surface area contributed by atoms with Crippen molar-refractivity contribution in [3.63, 3.8) is 0 Å². The van der Waals surface area contributed by atoms with Gasteiger partial charge in [-0.25, -0.2) is 5.43 Å². The highest BCUT2D eigenvalue weighted by molar-refractivity contribution is 14.1. The number of ether oxygens (including phenoxy) is 3. The number of nitrogens with one attached hydrogen (secondary N) is 1. The number of benzene rings is 3. The summed E-state index contributed by atoms with van der Waals surface area (Å²) < 4.78 is 18.5. The number of halogens is 2. The molecule has 0 bridgehead atoms. The fourth-order valence-electron chi connectivity index (χ4n) is 2.96. The minimum atomic E-state index is -0.376. The zero-order valence-corrected chi connectivity index (χ0v) is 21.6. The molecular weight excluding hydrogens is 587 g/mol. The molecule has 0 aliphatic carbocycles. The molecule has 0 atom stereocenters. The van der Waals surface area contributed by atoms with Gasteiger partial charge in [-0.3, -0.25) is 4.79 Å². The van der Waals surface area contributed by atoms with Gasteiger partial charge in [0.1, 0.15) is 12.4 Å². The Bertz CT molecular complexity index is 1150. The van der Waals surface area contributed by atoms with Crippen LogP contribution in [0.1, 0.15) is 27.0 Å². The SMILES string of the molecule is COc1ccc(Br)cc1C(=O)N/N=C\c1cc(I)c(OCc2ccccc2C)c(OC)c1. The van der Waals surface area contributed by atoms with Gasteiger partial charge in [-0.05, 0) is 76.5 Å². The highest BCUT2D eigenvalue weighted by atomic mass is 127. The zero-order valence-electron chi connectivity index (χ0n) is 17.8. The normalized spacial score (nSPS) is 10.8. The van der Waals surface area contributed by atoms with E-state index in [2.05, 4.69) is 62.0 Å². The van der Waals surface area contributed by atoms with Gasteiger partial charge in [-0.1, -0.05) is 40.2 Å². The van der Waals surface area contributed by atoms with Crippen molar-refractivity contribution in [3.8, 4) is 17.2 Å². The number of carbonyl (C=O) groups is 1. The van der Waals surface area contributed by atoms with Crippen LogP contribution in [0.5, 0.6) is 17.2 Å². The van der Waals surface area contributed by atoms with E-state index in [4.69, 9.17) is 14.2 Å². The topological polar surface area (TPSA) is 69.2 Å². The van der Waals surface area contributed by atoms with E-state index in [1.165, 1.54) is 12.7 Å². The lowest BCUT2D eigenvalue weighted by Gasteiger charge is -2.14. The lowest BCUT2D eigenvalue weighted by Crippen LogP contribution is -2.18. The van der Waals surface area contributed by atoms with Crippen LogP contribution in [0.3, 0.4) is 0 Å². The Hall–Kier alpha value is -2.59. The van der Waals surface area contributed by atoms with Crippen molar-refractivity contribution in [2.24, 2.45) is 5.10 Å². The molecule has 0 aromatic heterocycles. The summed E-state index contributed by atoms with van der Waals surface area (Å²) >= 11 is 5.56. The molecular formula is C24H22BrIN2O4. The zero-order chi connectivity index (χ0) is 23.1. The van der Waals surface area contributed by atoms with E-state index in [1.807, 2.05) is 30.3 Å². The van der Waals surface area contributed by atoms with Crippen LogP contribution >= 0.6 is 38.5 Å².